The van der Waals surface area contributed by atoms with Gasteiger partial charge < -0.3 is 15.3 Å². The largest absolute Gasteiger partial charge is 0.481 e. The Hall–Kier alpha value is -1.11. The Kier molecular flexibility index (Phi) is 5.58. The van der Waals surface area contributed by atoms with Crippen molar-refractivity contribution in [2.24, 2.45) is 0 Å². The normalized spacial score (nSPS) is 14.2. The zero-order chi connectivity index (χ0) is 13.7. The molecule has 100 valence electrons. The van der Waals surface area contributed by atoms with Crippen LogP contribution in [-0.2, 0) is 11.2 Å². The minimum atomic E-state index is -1.32. The summed E-state index contributed by atoms with van der Waals surface area (Å²) in [7, 11) is 0. The zero-order valence-electron chi connectivity index (χ0n) is 9.58. The van der Waals surface area contributed by atoms with E-state index in [2.05, 4.69) is 12.6 Å². The number of hydrogen-bond donors (Lipinski definition) is 4. The van der Waals surface area contributed by atoms with Gasteiger partial charge in [0, 0.05) is 0 Å². The first-order valence-corrected chi connectivity index (χ1v) is 6.06. The molecular weight excluding hydrogens is 259 g/mol. The average molecular weight is 274 g/mol. The summed E-state index contributed by atoms with van der Waals surface area (Å²) in [6.45, 7) is 0. The summed E-state index contributed by atoms with van der Waals surface area (Å²) in [5.41, 5.74) is 0.390. The predicted molar refractivity (Wildman–Crippen MR) is 67.2 cm³/mol. The van der Waals surface area contributed by atoms with E-state index in [9.17, 15) is 19.4 Å². The molecule has 1 aromatic carbocycles. The Morgan fingerprint density at radius 1 is 1.39 bits per heavy atom. The second-order valence-electron chi connectivity index (χ2n) is 3.94. The van der Waals surface area contributed by atoms with Gasteiger partial charge in [0.15, 0.2) is 0 Å². The Balaban J connectivity index is 3.03. The number of aliphatic carboxylic acids is 1. The van der Waals surface area contributed by atoms with Gasteiger partial charge in [-0.1, -0.05) is 6.07 Å². The van der Waals surface area contributed by atoms with Crippen LogP contribution in [0.3, 0.4) is 0 Å². The molecule has 0 spiro atoms. The van der Waals surface area contributed by atoms with Gasteiger partial charge in [0.05, 0.1) is 12.5 Å². The van der Waals surface area contributed by atoms with Gasteiger partial charge in [0.2, 0.25) is 0 Å². The summed E-state index contributed by atoms with van der Waals surface area (Å²) in [6.07, 6.45) is -2.52. The summed E-state index contributed by atoms with van der Waals surface area (Å²) < 4.78 is 13.1. The quantitative estimate of drug-likeness (QED) is 0.587. The minimum Gasteiger partial charge on any atom is -0.481 e. The summed E-state index contributed by atoms with van der Waals surface area (Å²) in [5.74, 6) is -1.31. The number of carboxylic acid groups (broad SMARTS) is 1. The van der Waals surface area contributed by atoms with Gasteiger partial charge in [-0.25, -0.2) is 4.39 Å². The number of hydrogen-bond acceptors (Lipinski definition) is 4. The van der Waals surface area contributed by atoms with Gasteiger partial charge in [-0.2, -0.15) is 12.6 Å². The predicted octanol–water partition coefficient (Wildman–Crippen LogP) is 1.17. The van der Waals surface area contributed by atoms with E-state index in [0.717, 1.165) is 12.1 Å². The molecule has 6 heteroatoms. The Bertz CT molecular complexity index is 425. The van der Waals surface area contributed by atoms with Crippen molar-refractivity contribution >= 4 is 18.6 Å². The Morgan fingerprint density at radius 2 is 2.06 bits per heavy atom. The molecule has 0 radical (unpaired) electrons. The smallest absolute Gasteiger partial charge is 0.307 e. The first-order chi connectivity index (χ1) is 8.45. The molecule has 3 N–H and O–H groups in total. The van der Waals surface area contributed by atoms with Gasteiger partial charge in [-0.05, 0) is 35.4 Å². The molecule has 1 rings (SSSR count). The number of aliphatic hydroxyl groups excluding tert-OH is 2. The molecule has 2 atom stereocenters. The summed E-state index contributed by atoms with van der Waals surface area (Å²) >= 11 is 3.93. The SMILES string of the molecule is O=C(O)Cc1ccc(F)cc1C(O)C(O)CCS. The second kappa shape index (κ2) is 6.72. The van der Waals surface area contributed by atoms with Crippen molar-refractivity contribution in [2.75, 3.05) is 5.75 Å². The Morgan fingerprint density at radius 3 is 2.61 bits per heavy atom. The van der Waals surface area contributed by atoms with Crippen molar-refractivity contribution in [2.45, 2.75) is 25.0 Å². The van der Waals surface area contributed by atoms with Gasteiger partial charge in [0.25, 0.3) is 0 Å². The van der Waals surface area contributed by atoms with Gasteiger partial charge in [0.1, 0.15) is 11.9 Å². The van der Waals surface area contributed by atoms with E-state index in [-0.39, 0.29) is 24.0 Å². The fourth-order valence-corrected chi connectivity index (χ4v) is 1.93. The topological polar surface area (TPSA) is 77.8 Å². The highest BCUT2D eigenvalue weighted by Gasteiger charge is 2.22. The molecular formula is C12H15FO4S. The number of aliphatic hydroxyl groups is 2. The first-order valence-electron chi connectivity index (χ1n) is 5.42. The van der Waals surface area contributed by atoms with Crippen molar-refractivity contribution in [1.82, 2.24) is 0 Å². The van der Waals surface area contributed by atoms with Crippen molar-refractivity contribution in [3.05, 3.63) is 35.1 Å². The standard InChI is InChI=1S/C12H15FO4S/c13-8-2-1-7(5-11(15)16)9(6-8)12(17)10(14)3-4-18/h1-2,6,10,12,14,17-18H,3-5H2,(H,15,16). The van der Waals surface area contributed by atoms with Crippen molar-refractivity contribution < 1.29 is 24.5 Å². The zero-order valence-corrected chi connectivity index (χ0v) is 10.5. The van der Waals surface area contributed by atoms with Gasteiger partial charge in [-0.15, -0.1) is 0 Å². The van der Waals surface area contributed by atoms with Crippen LogP contribution in [0.2, 0.25) is 0 Å². The lowest BCUT2D eigenvalue weighted by Crippen LogP contribution is -2.21. The van der Waals surface area contributed by atoms with E-state index < -0.39 is 24.0 Å². The Labute approximate surface area is 109 Å². The molecule has 0 heterocycles. The number of benzene rings is 1. The van der Waals surface area contributed by atoms with Crippen LogP contribution in [-0.4, -0.2) is 33.1 Å². The molecule has 0 saturated carbocycles. The molecule has 1 aromatic rings. The average Bonchev–Trinajstić information content (AvgIpc) is 2.30. The van der Waals surface area contributed by atoms with Crippen molar-refractivity contribution in [3.8, 4) is 0 Å². The van der Waals surface area contributed by atoms with E-state index in [1.165, 1.54) is 6.07 Å². The molecule has 0 saturated heterocycles. The molecule has 4 nitrogen and oxygen atoms in total. The lowest BCUT2D eigenvalue weighted by Gasteiger charge is -2.20. The van der Waals surface area contributed by atoms with E-state index >= 15 is 0 Å². The summed E-state index contributed by atoms with van der Waals surface area (Å²) in [6, 6.07) is 3.47. The summed E-state index contributed by atoms with van der Waals surface area (Å²) in [4.78, 5) is 10.7. The van der Waals surface area contributed by atoms with E-state index in [1.54, 1.807) is 0 Å². The highest BCUT2D eigenvalue weighted by Crippen LogP contribution is 2.24. The van der Waals surface area contributed by atoms with Crippen molar-refractivity contribution in [3.63, 3.8) is 0 Å². The van der Waals surface area contributed by atoms with Crippen LogP contribution >= 0.6 is 12.6 Å². The van der Waals surface area contributed by atoms with E-state index in [4.69, 9.17) is 5.11 Å². The maximum Gasteiger partial charge on any atom is 0.307 e. The monoisotopic (exact) mass is 274 g/mol. The third-order valence-electron chi connectivity index (χ3n) is 2.56. The number of rotatable bonds is 6. The highest BCUT2D eigenvalue weighted by molar-refractivity contribution is 7.80. The van der Waals surface area contributed by atoms with Crippen LogP contribution < -0.4 is 0 Å². The molecule has 0 aliphatic carbocycles. The van der Waals surface area contributed by atoms with E-state index in [1.807, 2.05) is 0 Å². The van der Waals surface area contributed by atoms with Crippen LogP contribution in [0, 0.1) is 5.82 Å². The minimum absolute atomic E-state index is 0.103. The van der Waals surface area contributed by atoms with Crippen molar-refractivity contribution in [1.29, 1.82) is 0 Å². The molecule has 0 amide bonds. The molecule has 0 aromatic heterocycles. The highest BCUT2D eigenvalue weighted by atomic mass is 32.1. The number of thiol groups is 1. The fourth-order valence-electron chi connectivity index (χ4n) is 1.66. The lowest BCUT2D eigenvalue weighted by molar-refractivity contribution is -0.136. The third kappa shape index (κ3) is 3.97. The lowest BCUT2D eigenvalue weighted by atomic mass is 9.95. The van der Waals surface area contributed by atoms with Gasteiger partial charge in [-0.3, -0.25) is 4.79 Å². The maximum atomic E-state index is 13.1. The van der Waals surface area contributed by atoms with Crippen LogP contribution in [0.1, 0.15) is 23.7 Å². The second-order valence-corrected chi connectivity index (χ2v) is 4.39. The maximum absolute atomic E-state index is 13.1. The van der Waals surface area contributed by atoms with Crippen LogP contribution in [0.5, 0.6) is 0 Å². The van der Waals surface area contributed by atoms with Crippen LogP contribution in [0.15, 0.2) is 18.2 Å². The number of halogens is 1. The molecule has 0 aliphatic heterocycles. The molecule has 0 fully saturated rings. The van der Waals surface area contributed by atoms with Crippen LogP contribution in [0.25, 0.3) is 0 Å². The van der Waals surface area contributed by atoms with Crippen LogP contribution in [0.4, 0.5) is 4.39 Å². The molecule has 18 heavy (non-hydrogen) atoms. The number of carbonyl (C=O) groups is 1. The van der Waals surface area contributed by atoms with E-state index in [0.29, 0.717) is 5.75 Å². The molecule has 2 unspecified atom stereocenters. The molecule has 0 bridgehead atoms. The number of carboxylic acids is 1. The fraction of sp³-hybridized carbons (Fsp3) is 0.417. The summed E-state index contributed by atoms with van der Waals surface area (Å²) in [5, 5.41) is 28.3. The first kappa shape index (κ1) is 14.9. The van der Waals surface area contributed by atoms with Gasteiger partial charge >= 0.3 is 5.97 Å². The molecule has 0 aliphatic rings. The third-order valence-corrected chi connectivity index (χ3v) is 2.82.